The van der Waals surface area contributed by atoms with Crippen LogP contribution in [0.25, 0.3) is 0 Å². The summed E-state index contributed by atoms with van der Waals surface area (Å²) < 4.78 is 25.2. The fourth-order valence-electron chi connectivity index (χ4n) is 2.12. The fourth-order valence-corrected chi connectivity index (χ4v) is 3.30. The van der Waals surface area contributed by atoms with Crippen molar-refractivity contribution >= 4 is 15.9 Å². The van der Waals surface area contributed by atoms with Crippen molar-refractivity contribution in [3.8, 4) is 0 Å². The summed E-state index contributed by atoms with van der Waals surface area (Å²) in [5, 5.41) is 3.01. The summed E-state index contributed by atoms with van der Waals surface area (Å²) in [6.07, 6.45) is 2.37. The van der Waals surface area contributed by atoms with E-state index in [0.29, 0.717) is 13.1 Å². The molecule has 1 atom stereocenters. The molecule has 0 aliphatic carbocycles. The number of nitrogens with one attached hydrogen (secondary N) is 1. The molecule has 112 valence electrons. The second-order valence-corrected chi connectivity index (χ2v) is 8.08. The fraction of sp³-hybridized carbons (Fsp3) is 0.923. The second-order valence-electron chi connectivity index (χ2n) is 5.82. The van der Waals surface area contributed by atoms with Crippen LogP contribution in [-0.2, 0) is 14.8 Å². The molecule has 0 radical (unpaired) electrons. The highest BCUT2D eigenvalue weighted by molar-refractivity contribution is 7.89. The molecule has 1 aliphatic heterocycles. The lowest BCUT2D eigenvalue weighted by atomic mass is 9.95. The first kappa shape index (κ1) is 16.4. The third-order valence-electron chi connectivity index (χ3n) is 3.86. The molecule has 0 bridgehead atoms. The summed E-state index contributed by atoms with van der Waals surface area (Å²) in [5.41, 5.74) is -0.233. The molecular formula is C13H26N2O3S. The van der Waals surface area contributed by atoms with E-state index >= 15 is 0 Å². The van der Waals surface area contributed by atoms with Crippen molar-refractivity contribution in [1.82, 2.24) is 9.62 Å². The molecule has 1 fully saturated rings. The molecule has 1 rings (SSSR count). The van der Waals surface area contributed by atoms with Crippen molar-refractivity contribution < 1.29 is 13.2 Å². The van der Waals surface area contributed by atoms with E-state index < -0.39 is 10.0 Å². The molecule has 1 N–H and O–H groups in total. The first-order valence-electron chi connectivity index (χ1n) is 7.01. The minimum atomic E-state index is -3.18. The highest BCUT2D eigenvalue weighted by atomic mass is 32.2. The van der Waals surface area contributed by atoms with Gasteiger partial charge >= 0.3 is 0 Å². The van der Waals surface area contributed by atoms with Crippen LogP contribution in [0.15, 0.2) is 0 Å². The molecule has 1 aliphatic rings. The van der Waals surface area contributed by atoms with Crippen LogP contribution in [0.1, 0.15) is 47.0 Å². The van der Waals surface area contributed by atoms with E-state index in [4.69, 9.17) is 0 Å². The van der Waals surface area contributed by atoms with E-state index in [1.54, 1.807) is 6.92 Å². The van der Waals surface area contributed by atoms with E-state index in [-0.39, 0.29) is 23.1 Å². The van der Waals surface area contributed by atoms with Crippen molar-refractivity contribution in [2.24, 2.45) is 5.92 Å². The van der Waals surface area contributed by atoms with E-state index in [0.717, 1.165) is 19.3 Å². The van der Waals surface area contributed by atoms with Crippen LogP contribution in [-0.4, -0.2) is 43.0 Å². The Hall–Kier alpha value is -0.620. The summed E-state index contributed by atoms with van der Waals surface area (Å²) in [6.45, 7) is 8.48. The van der Waals surface area contributed by atoms with Gasteiger partial charge in [-0.15, -0.1) is 0 Å². The third-order valence-corrected chi connectivity index (χ3v) is 5.71. The zero-order valence-corrected chi connectivity index (χ0v) is 13.2. The van der Waals surface area contributed by atoms with Crippen molar-refractivity contribution in [2.75, 3.05) is 18.8 Å². The van der Waals surface area contributed by atoms with E-state index in [9.17, 15) is 13.2 Å². The quantitative estimate of drug-likeness (QED) is 0.831. The largest absolute Gasteiger partial charge is 0.351 e. The van der Waals surface area contributed by atoms with Gasteiger partial charge < -0.3 is 5.32 Å². The highest BCUT2D eigenvalue weighted by Crippen LogP contribution is 2.21. The lowest BCUT2D eigenvalue weighted by Crippen LogP contribution is -2.50. The number of piperidine rings is 1. The summed E-state index contributed by atoms with van der Waals surface area (Å²) in [6, 6.07) is 0. The Kier molecular flexibility index (Phi) is 5.38. The predicted octanol–water partition coefficient (Wildman–Crippen LogP) is 1.35. The normalized spacial score (nSPS) is 22.2. The van der Waals surface area contributed by atoms with Crippen LogP contribution >= 0.6 is 0 Å². The first-order chi connectivity index (χ1) is 8.72. The van der Waals surface area contributed by atoms with Crippen molar-refractivity contribution in [3.63, 3.8) is 0 Å². The Morgan fingerprint density at radius 1 is 1.37 bits per heavy atom. The van der Waals surface area contributed by atoms with Crippen LogP contribution < -0.4 is 5.32 Å². The molecule has 0 aromatic carbocycles. The molecule has 1 heterocycles. The van der Waals surface area contributed by atoms with Gasteiger partial charge in [0.1, 0.15) is 0 Å². The molecule has 0 aromatic heterocycles. The van der Waals surface area contributed by atoms with Gasteiger partial charge in [0, 0.05) is 18.6 Å². The van der Waals surface area contributed by atoms with Crippen LogP contribution in [0.3, 0.4) is 0 Å². The molecule has 6 heteroatoms. The molecule has 0 spiro atoms. The monoisotopic (exact) mass is 290 g/mol. The smallest absolute Gasteiger partial charge is 0.224 e. The maximum Gasteiger partial charge on any atom is 0.224 e. The Balaban J connectivity index is 2.68. The number of rotatable bonds is 5. The van der Waals surface area contributed by atoms with Gasteiger partial charge in [-0.3, -0.25) is 4.79 Å². The maximum absolute atomic E-state index is 12.2. The lowest BCUT2D eigenvalue weighted by molar-refractivity contribution is -0.127. The lowest BCUT2D eigenvalue weighted by Gasteiger charge is -2.33. The van der Waals surface area contributed by atoms with Crippen LogP contribution in [0.5, 0.6) is 0 Å². The van der Waals surface area contributed by atoms with Crippen LogP contribution in [0, 0.1) is 5.92 Å². The third kappa shape index (κ3) is 4.45. The number of carbonyl (C=O) groups is 1. The zero-order valence-electron chi connectivity index (χ0n) is 12.4. The number of amides is 1. The van der Waals surface area contributed by atoms with E-state index in [2.05, 4.69) is 5.32 Å². The van der Waals surface area contributed by atoms with E-state index in [1.165, 1.54) is 4.31 Å². The van der Waals surface area contributed by atoms with Crippen molar-refractivity contribution in [1.29, 1.82) is 0 Å². The number of sulfonamides is 1. The zero-order chi connectivity index (χ0) is 14.7. The molecular weight excluding hydrogens is 264 g/mol. The molecule has 0 aromatic rings. The summed E-state index contributed by atoms with van der Waals surface area (Å²) in [7, 11) is -3.18. The summed E-state index contributed by atoms with van der Waals surface area (Å²) in [5.74, 6) is -0.148. The van der Waals surface area contributed by atoms with Gasteiger partial charge in [0.2, 0.25) is 15.9 Å². The number of nitrogens with zero attached hydrogens (tertiary/aromatic N) is 1. The molecule has 1 amide bonds. The predicted molar refractivity (Wildman–Crippen MR) is 76.3 cm³/mol. The Labute approximate surface area is 116 Å². The van der Waals surface area contributed by atoms with Gasteiger partial charge in [-0.1, -0.05) is 6.92 Å². The average Bonchev–Trinajstić information content (AvgIpc) is 2.38. The second kappa shape index (κ2) is 6.22. The van der Waals surface area contributed by atoms with Crippen LogP contribution in [0.4, 0.5) is 0 Å². The van der Waals surface area contributed by atoms with Gasteiger partial charge in [0.05, 0.1) is 11.7 Å². The highest BCUT2D eigenvalue weighted by Gasteiger charge is 2.32. The molecule has 5 nitrogen and oxygen atoms in total. The first-order valence-corrected chi connectivity index (χ1v) is 8.62. The topological polar surface area (TPSA) is 66.5 Å². The maximum atomic E-state index is 12.2. The number of hydrogen-bond acceptors (Lipinski definition) is 3. The SMILES string of the molecule is CCC(C)(C)NC(=O)C1CCCN(S(=O)(=O)CC)C1. The minimum Gasteiger partial charge on any atom is -0.351 e. The number of carbonyl (C=O) groups excluding carboxylic acids is 1. The van der Waals surface area contributed by atoms with Gasteiger partial charge in [-0.2, -0.15) is 0 Å². The van der Waals surface area contributed by atoms with Gasteiger partial charge in [0.15, 0.2) is 0 Å². The minimum absolute atomic E-state index is 0.0251. The Morgan fingerprint density at radius 2 is 2.00 bits per heavy atom. The molecule has 0 saturated carbocycles. The Morgan fingerprint density at radius 3 is 2.53 bits per heavy atom. The van der Waals surface area contributed by atoms with Gasteiger partial charge in [-0.25, -0.2) is 12.7 Å². The molecule has 1 saturated heterocycles. The molecule has 1 unspecified atom stereocenters. The van der Waals surface area contributed by atoms with Crippen molar-refractivity contribution in [2.45, 2.75) is 52.5 Å². The van der Waals surface area contributed by atoms with E-state index in [1.807, 2.05) is 20.8 Å². The summed E-state index contributed by atoms with van der Waals surface area (Å²) in [4.78, 5) is 12.2. The molecule has 19 heavy (non-hydrogen) atoms. The Bertz CT molecular complexity index is 418. The average molecular weight is 290 g/mol. The van der Waals surface area contributed by atoms with Gasteiger partial charge in [0.25, 0.3) is 0 Å². The van der Waals surface area contributed by atoms with Crippen molar-refractivity contribution in [3.05, 3.63) is 0 Å². The van der Waals surface area contributed by atoms with Crippen LogP contribution in [0.2, 0.25) is 0 Å². The standard InChI is InChI=1S/C13H26N2O3S/c1-5-13(3,4)14-12(16)11-8-7-9-15(10-11)19(17,18)6-2/h11H,5-10H2,1-4H3,(H,14,16). The number of hydrogen-bond donors (Lipinski definition) is 1. The van der Waals surface area contributed by atoms with Gasteiger partial charge in [-0.05, 0) is 40.0 Å². The summed E-state index contributed by atoms with van der Waals surface area (Å²) >= 11 is 0.